The van der Waals surface area contributed by atoms with Crippen LogP contribution < -0.4 is 10.6 Å². The molecule has 1 aromatic rings. The van der Waals surface area contributed by atoms with Crippen molar-refractivity contribution < 1.29 is 9.53 Å². The molecule has 1 aromatic carbocycles. The fourth-order valence-electron chi connectivity index (χ4n) is 2.63. The molecule has 1 amide bonds. The van der Waals surface area contributed by atoms with E-state index in [0.29, 0.717) is 32.3 Å². The van der Waals surface area contributed by atoms with Crippen LogP contribution in [0.1, 0.15) is 25.0 Å². The summed E-state index contributed by atoms with van der Waals surface area (Å²) >= 11 is 0. The number of piperazine rings is 1. The Labute approximate surface area is 145 Å². The molecule has 6 heteroatoms. The van der Waals surface area contributed by atoms with E-state index in [1.807, 2.05) is 25.1 Å². The first-order valence-corrected chi connectivity index (χ1v) is 8.06. The number of hydrogen-bond donors (Lipinski definition) is 2. The summed E-state index contributed by atoms with van der Waals surface area (Å²) in [5.41, 5.74) is 2.26. The third kappa shape index (κ3) is 6.47. The molecule has 1 atom stereocenters. The van der Waals surface area contributed by atoms with Crippen LogP contribution in [0.2, 0.25) is 0 Å². The highest BCUT2D eigenvalue weighted by molar-refractivity contribution is 5.85. The second kappa shape index (κ2) is 10.6. The van der Waals surface area contributed by atoms with Crippen molar-refractivity contribution in [1.82, 2.24) is 15.5 Å². The molecule has 1 saturated heterocycles. The smallest absolute Gasteiger partial charge is 0.234 e. The molecule has 1 fully saturated rings. The van der Waals surface area contributed by atoms with E-state index in [9.17, 15) is 4.79 Å². The summed E-state index contributed by atoms with van der Waals surface area (Å²) in [5, 5.41) is 6.36. The molecule has 23 heavy (non-hydrogen) atoms. The first-order valence-electron chi connectivity index (χ1n) is 8.06. The molecular formula is C17H28ClN3O2. The van der Waals surface area contributed by atoms with Crippen LogP contribution in [-0.2, 0) is 22.7 Å². The van der Waals surface area contributed by atoms with Gasteiger partial charge in [0.05, 0.1) is 13.2 Å². The van der Waals surface area contributed by atoms with E-state index in [0.717, 1.165) is 30.8 Å². The average Bonchev–Trinajstić information content (AvgIpc) is 2.54. The predicted octanol–water partition coefficient (Wildman–Crippen LogP) is 1.55. The normalized spacial score (nSPS) is 18.3. The van der Waals surface area contributed by atoms with Gasteiger partial charge in [0.2, 0.25) is 5.91 Å². The summed E-state index contributed by atoms with van der Waals surface area (Å²) in [7, 11) is 0. The van der Waals surface area contributed by atoms with Crippen molar-refractivity contribution in [2.24, 2.45) is 0 Å². The molecule has 130 valence electrons. The molecule has 0 unspecified atom stereocenters. The van der Waals surface area contributed by atoms with Crippen LogP contribution >= 0.6 is 12.4 Å². The van der Waals surface area contributed by atoms with E-state index >= 15 is 0 Å². The van der Waals surface area contributed by atoms with E-state index in [1.54, 1.807) is 0 Å². The Kier molecular flexibility index (Phi) is 9.17. The van der Waals surface area contributed by atoms with Gasteiger partial charge in [-0.1, -0.05) is 24.3 Å². The first kappa shape index (κ1) is 19.9. The molecule has 0 bridgehead atoms. The molecule has 0 radical (unpaired) electrons. The Balaban J connectivity index is 0.00000264. The Morgan fingerprint density at radius 3 is 2.83 bits per heavy atom. The van der Waals surface area contributed by atoms with Crippen LogP contribution in [-0.4, -0.2) is 49.6 Å². The number of ether oxygens (including phenoxy) is 1. The second-order valence-electron chi connectivity index (χ2n) is 5.71. The fourth-order valence-corrected chi connectivity index (χ4v) is 2.63. The van der Waals surface area contributed by atoms with Crippen LogP contribution in [0.4, 0.5) is 0 Å². The lowest BCUT2D eigenvalue weighted by Crippen LogP contribution is -2.52. The topological polar surface area (TPSA) is 53.6 Å². The highest BCUT2D eigenvalue weighted by Crippen LogP contribution is 2.10. The average molecular weight is 342 g/mol. The SMILES string of the molecule is CCOCc1ccccc1CNC(=O)CN1CCNC[C@H]1C.Cl. The minimum absolute atomic E-state index is 0. The number of carbonyl (C=O) groups excluding carboxylic acids is 1. The number of halogens is 1. The molecule has 0 aliphatic carbocycles. The lowest BCUT2D eigenvalue weighted by atomic mass is 10.1. The zero-order chi connectivity index (χ0) is 15.8. The summed E-state index contributed by atoms with van der Waals surface area (Å²) < 4.78 is 5.47. The Morgan fingerprint density at radius 1 is 1.39 bits per heavy atom. The molecule has 2 rings (SSSR count). The standard InChI is InChI=1S/C17H27N3O2.ClH/c1-3-22-13-16-7-5-4-6-15(16)11-19-17(21)12-20-9-8-18-10-14(20)2;/h4-7,14,18H,3,8-13H2,1-2H3,(H,19,21);1H/t14-;/m1./s1. The third-order valence-corrected chi connectivity index (χ3v) is 4.04. The maximum Gasteiger partial charge on any atom is 0.234 e. The zero-order valence-electron chi connectivity index (χ0n) is 14.0. The maximum atomic E-state index is 12.2. The largest absolute Gasteiger partial charge is 0.377 e. The highest BCUT2D eigenvalue weighted by Gasteiger charge is 2.20. The second-order valence-corrected chi connectivity index (χ2v) is 5.71. The maximum absolute atomic E-state index is 12.2. The van der Waals surface area contributed by atoms with Crippen LogP contribution in [0.25, 0.3) is 0 Å². The number of amides is 1. The van der Waals surface area contributed by atoms with Crippen LogP contribution in [0.5, 0.6) is 0 Å². The Morgan fingerprint density at radius 2 is 2.13 bits per heavy atom. The summed E-state index contributed by atoms with van der Waals surface area (Å²) in [5.74, 6) is 0.0833. The van der Waals surface area contributed by atoms with Gasteiger partial charge in [0.1, 0.15) is 0 Å². The fraction of sp³-hybridized carbons (Fsp3) is 0.588. The Hall–Kier alpha value is -1.14. The van der Waals surface area contributed by atoms with E-state index in [4.69, 9.17) is 4.74 Å². The lowest BCUT2D eigenvalue weighted by molar-refractivity contribution is -0.123. The van der Waals surface area contributed by atoms with Crippen molar-refractivity contribution in [2.45, 2.75) is 33.0 Å². The summed E-state index contributed by atoms with van der Waals surface area (Å²) in [6.45, 7) is 9.28. The summed E-state index contributed by atoms with van der Waals surface area (Å²) in [6.07, 6.45) is 0. The van der Waals surface area contributed by atoms with E-state index in [2.05, 4.69) is 28.5 Å². The van der Waals surface area contributed by atoms with Gasteiger partial charge in [0, 0.05) is 38.8 Å². The Bertz CT molecular complexity index is 485. The number of rotatable bonds is 7. The predicted molar refractivity (Wildman–Crippen MR) is 94.8 cm³/mol. The van der Waals surface area contributed by atoms with E-state index in [1.165, 1.54) is 0 Å². The monoisotopic (exact) mass is 341 g/mol. The quantitative estimate of drug-likeness (QED) is 0.790. The van der Waals surface area contributed by atoms with Crippen molar-refractivity contribution in [2.75, 3.05) is 32.8 Å². The van der Waals surface area contributed by atoms with Gasteiger partial charge in [-0.25, -0.2) is 0 Å². The summed E-state index contributed by atoms with van der Waals surface area (Å²) in [4.78, 5) is 14.4. The van der Waals surface area contributed by atoms with Gasteiger partial charge in [0.25, 0.3) is 0 Å². The minimum Gasteiger partial charge on any atom is -0.377 e. The van der Waals surface area contributed by atoms with E-state index < -0.39 is 0 Å². The van der Waals surface area contributed by atoms with Gasteiger partial charge in [-0.2, -0.15) is 0 Å². The molecule has 1 aliphatic rings. The number of nitrogens with zero attached hydrogens (tertiary/aromatic N) is 1. The van der Waals surface area contributed by atoms with Crippen molar-refractivity contribution in [3.05, 3.63) is 35.4 Å². The van der Waals surface area contributed by atoms with Gasteiger partial charge in [-0.15, -0.1) is 12.4 Å². The van der Waals surface area contributed by atoms with Gasteiger partial charge in [-0.3, -0.25) is 9.69 Å². The van der Waals surface area contributed by atoms with Gasteiger partial charge < -0.3 is 15.4 Å². The van der Waals surface area contributed by atoms with Gasteiger partial charge in [-0.05, 0) is 25.0 Å². The molecule has 1 heterocycles. The molecule has 0 aromatic heterocycles. The highest BCUT2D eigenvalue weighted by atomic mass is 35.5. The van der Waals surface area contributed by atoms with Gasteiger partial charge >= 0.3 is 0 Å². The van der Waals surface area contributed by atoms with Crippen molar-refractivity contribution >= 4 is 18.3 Å². The minimum atomic E-state index is 0. The van der Waals surface area contributed by atoms with E-state index in [-0.39, 0.29) is 18.3 Å². The van der Waals surface area contributed by atoms with Crippen LogP contribution in [0, 0.1) is 0 Å². The summed E-state index contributed by atoms with van der Waals surface area (Å²) in [6, 6.07) is 8.50. The van der Waals surface area contributed by atoms with Gasteiger partial charge in [0.15, 0.2) is 0 Å². The van der Waals surface area contributed by atoms with Crippen molar-refractivity contribution in [3.8, 4) is 0 Å². The number of benzene rings is 1. The molecule has 2 N–H and O–H groups in total. The molecule has 0 saturated carbocycles. The van der Waals surface area contributed by atoms with Crippen LogP contribution in [0.15, 0.2) is 24.3 Å². The molecule has 5 nitrogen and oxygen atoms in total. The van der Waals surface area contributed by atoms with Crippen molar-refractivity contribution in [3.63, 3.8) is 0 Å². The molecular weight excluding hydrogens is 314 g/mol. The third-order valence-electron chi connectivity index (χ3n) is 4.04. The molecule has 0 spiro atoms. The number of carbonyl (C=O) groups is 1. The van der Waals surface area contributed by atoms with Crippen LogP contribution in [0.3, 0.4) is 0 Å². The number of hydrogen-bond acceptors (Lipinski definition) is 4. The van der Waals surface area contributed by atoms with Crippen molar-refractivity contribution in [1.29, 1.82) is 0 Å². The molecule has 1 aliphatic heterocycles. The zero-order valence-corrected chi connectivity index (χ0v) is 14.8. The lowest BCUT2D eigenvalue weighted by Gasteiger charge is -2.33. The first-order chi connectivity index (χ1) is 10.7. The number of nitrogens with one attached hydrogen (secondary N) is 2.